The molecule has 0 aliphatic carbocycles. The SMILES string of the molecule is CCCOc1ccc(C(=O)O[C@@H](C)C(=O)Nc2ccc(NC(C)=O)cc2)cc1. The van der Waals surface area contributed by atoms with Gasteiger partial charge in [-0.2, -0.15) is 0 Å². The van der Waals surface area contributed by atoms with Crippen molar-refractivity contribution in [3.8, 4) is 5.75 Å². The standard InChI is InChI=1S/C21H24N2O5/c1-4-13-27-19-11-5-16(6-12-19)21(26)28-14(2)20(25)23-18-9-7-17(8-10-18)22-15(3)24/h5-12,14H,4,13H2,1-3H3,(H,22,24)(H,23,25)/t14-/m0/s1. The van der Waals surface area contributed by atoms with Crippen LogP contribution in [-0.4, -0.2) is 30.5 Å². The number of rotatable bonds is 8. The maximum atomic E-state index is 12.2. The first-order valence-corrected chi connectivity index (χ1v) is 9.01. The number of anilines is 2. The molecule has 0 fully saturated rings. The van der Waals surface area contributed by atoms with Gasteiger partial charge in [0, 0.05) is 18.3 Å². The van der Waals surface area contributed by atoms with Crippen LogP contribution in [0.4, 0.5) is 11.4 Å². The van der Waals surface area contributed by atoms with Crippen molar-refractivity contribution in [1.82, 2.24) is 0 Å². The monoisotopic (exact) mass is 384 g/mol. The predicted octanol–water partition coefficient (Wildman–Crippen LogP) is 3.62. The average Bonchev–Trinajstić information content (AvgIpc) is 2.67. The number of esters is 1. The Bertz CT molecular complexity index is 816. The second-order valence-electron chi connectivity index (χ2n) is 6.17. The Morgan fingerprint density at radius 3 is 2.04 bits per heavy atom. The third-order valence-corrected chi connectivity index (χ3v) is 3.69. The first-order chi connectivity index (χ1) is 13.4. The molecule has 2 amide bonds. The van der Waals surface area contributed by atoms with Crippen molar-refractivity contribution in [2.24, 2.45) is 0 Å². The number of carbonyl (C=O) groups excluding carboxylic acids is 3. The van der Waals surface area contributed by atoms with Crippen molar-refractivity contribution in [1.29, 1.82) is 0 Å². The van der Waals surface area contributed by atoms with Gasteiger partial charge in [-0.1, -0.05) is 6.92 Å². The Balaban J connectivity index is 1.88. The lowest BCUT2D eigenvalue weighted by atomic mass is 10.2. The summed E-state index contributed by atoms with van der Waals surface area (Å²) in [4.78, 5) is 35.5. The maximum Gasteiger partial charge on any atom is 0.338 e. The molecule has 0 bridgehead atoms. The maximum absolute atomic E-state index is 12.2. The summed E-state index contributed by atoms with van der Waals surface area (Å²) in [6.07, 6.45) is -0.0784. The Morgan fingerprint density at radius 1 is 0.929 bits per heavy atom. The number of nitrogens with one attached hydrogen (secondary N) is 2. The molecule has 0 saturated carbocycles. The lowest BCUT2D eigenvalue weighted by Gasteiger charge is -2.14. The third-order valence-electron chi connectivity index (χ3n) is 3.69. The molecule has 2 N–H and O–H groups in total. The molecule has 2 rings (SSSR count). The van der Waals surface area contributed by atoms with E-state index in [1.54, 1.807) is 48.5 Å². The van der Waals surface area contributed by atoms with Crippen LogP contribution in [0, 0.1) is 0 Å². The van der Waals surface area contributed by atoms with Crippen molar-refractivity contribution < 1.29 is 23.9 Å². The summed E-state index contributed by atoms with van der Waals surface area (Å²) in [6, 6.07) is 13.2. The summed E-state index contributed by atoms with van der Waals surface area (Å²) in [7, 11) is 0. The van der Waals surface area contributed by atoms with Crippen LogP contribution in [-0.2, 0) is 14.3 Å². The fourth-order valence-electron chi connectivity index (χ4n) is 2.27. The van der Waals surface area contributed by atoms with E-state index in [9.17, 15) is 14.4 Å². The fourth-order valence-corrected chi connectivity index (χ4v) is 2.27. The minimum Gasteiger partial charge on any atom is -0.494 e. The molecule has 0 radical (unpaired) electrons. The molecule has 7 heteroatoms. The molecule has 1 atom stereocenters. The highest BCUT2D eigenvalue weighted by Gasteiger charge is 2.19. The summed E-state index contributed by atoms with van der Waals surface area (Å²) in [6.45, 7) is 5.53. The van der Waals surface area contributed by atoms with Gasteiger partial charge in [0.25, 0.3) is 5.91 Å². The van der Waals surface area contributed by atoms with E-state index in [1.165, 1.54) is 13.8 Å². The molecule has 0 heterocycles. The molecule has 0 spiro atoms. The number of amides is 2. The summed E-state index contributed by atoms with van der Waals surface area (Å²) in [5.74, 6) is -0.552. The number of ether oxygens (including phenoxy) is 2. The topological polar surface area (TPSA) is 93.7 Å². The van der Waals surface area contributed by atoms with Crippen LogP contribution in [0.3, 0.4) is 0 Å². The zero-order chi connectivity index (χ0) is 20.5. The van der Waals surface area contributed by atoms with E-state index in [1.807, 2.05) is 6.92 Å². The van der Waals surface area contributed by atoms with Crippen molar-refractivity contribution >= 4 is 29.2 Å². The largest absolute Gasteiger partial charge is 0.494 e. The Labute approximate surface area is 164 Å². The Morgan fingerprint density at radius 2 is 1.50 bits per heavy atom. The highest BCUT2D eigenvalue weighted by molar-refractivity contribution is 5.97. The molecule has 148 valence electrons. The molecule has 0 aromatic heterocycles. The summed E-state index contributed by atoms with van der Waals surface area (Å²) in [5.41, 5.74) is 1.49. The fraction of sp³-hybridized carbons (Fsp3) is 0.286. The molecule has 0 saturated heterocycles. The number of benzene rings is 2. The molecule has 0 aliphatic heterocycles. The van der Waals surface area contributed by atoms with Crippen LogP contribution in [0.5, 0.6) is 5.75 Å². The highest BCUT2D eigenvalue weighted by atomic mass is 16.5. The van der Waals surface area contributed by atoms with Gasteiger partial charge in [-0.15, -0.1) is 0 Å². The highest BCUT2D eigenvalue weighted by Crippen LogP contribution is 2.16. The van der Waals surface area contributed by atoms with Gasteiger partial charge in [-0.25, -0.2) is 4.79 Å². The van der Waals surface area contributed by atoms with Crippen molar-refractivity contribution in [3.63, 3.8) is 0 Å². The molecular weight excluding hydrogens is 360 g/mol. The zero-order valence-corrected chi connectivity index (χ0v) is 16.2. The number of hydrogen-bond donors (Lipinski definition) is 2. The Hall–Kier alpha value is -3.35. The lowest BCUT2D eigenvalue weighted by Crippen LogP contribution is -2.30. The van der Waals surface area contributed by atoms with E-state index in [0.717, 1.165) is 6.42 Å². The smallest absolute Gasteiger partial charge is 0.338 e. The summed E-state index contributed by atoms with van der Waals surface area (Å²) < 4.78 is 10.7. The van der Waals surface area contributed by atoms with Gasteiger partial charge in [0.1, 0.15) is 5.75 Å². The van der Waals surface area contributed by atoms with Gasteiger partial charge in [0.15, 0.2) is 6.10 Å². The van der Waals surface area contributed by atoms with E-state index < -0.39 is 18.0 Å². The normalized spacial score (nSPS) is 11.2. The van der Waals surface area contributed by atoms with Crippen LogP contribution in [0.15, 0.2) is 48.5 Å². The zero-order valence-electron chi connectivity index (χ0n) is 16.2. The van der Waals surface area contributed by atoms with Gasteiger partial charge in [0.2, 0.25) is 5.91 Å². The predicted molar refractivity (Wildman–Crippen MR) is 106 cm³/mol. The van der Waals surface area contributed by atoms with E-state index >= 15 is 0 Å². The first kappa shape index (κ1) is 21.0. The third kappa shape index (κ3) is 6.42. The number of carbonyl (C=O) groups is 3. The van der Waals surface area contributed by atoms with Gasteiger partial charge in [0.05, 0.1) is 12.2 Å². The second kappa shape index (κ2) is 10.1. The first-order valence-electron chi connectivity index (χ1n) is 9.01. The summed E-state index contributed by atoms with van der Waals surface area (Å²) in [5, 5.41) is 5.30. The molecule has 2 aromatic rings. The molecular formula is C21H24N2O5. The van der Waals surface area contributed by atoms with Crippen molar-refractivity contribution in [2.45, 2.75) is 33.3 Å². The van der Waals surface area contributed by atoms with Crippen molar-refractivity contribution in [2.75, 3.05) is 17.2 Å². The van der Waals surface area contributed by atoms with Crippen LogP contribution < -0.4 is 15.4 Å². The Kier molecular flexibility index (Phi) is 7.56. The average molecular weight is 384 g/mol. The lowest BCUT2D eigenvalue weighted by molar-refractivity contribution is -0.123. The van der Waals surface area contributed by atoms with E-state index in [0.29, 0.717) is 29.3 Å². The quantitative estimate of drug-likeness (QED) is 0.678. The van der Waals surface area contributed by atoms with E-state index in [4.69, 9.17) is 9.47 Å². The van der Waals surface area contributed by atoms with E-state index in [2.05, 4.69) is 10.6 Å². The molecule has 0 aliphatic rings. The molecule has 7 nitrogen and oxygen atoms in total. The van der Waals surface area contributed by atoms with Crippen LogP contribution in [0.1, 0.15) is 37.6 Å². The summed E-state index contributed by atoms with van der Waals surface area (Å²) >= 11 is 0. The van der Waals surface area contributed by atoms with Gasteiger partial charge in [-0.3, -0.25) is 9.59 Å². The van der Waals surface area contributed by atoms with Crippen LogP contribution in [0.25, 0.3) is 0 Å². The van der Waals surface area contributed by atoms with E-state index in [-0.39, 0.29) is 5.91 Å². The van der Waals surface area contributed by atoms with Crippen LogP contribution in [0.2, 0.25) is 0 Å². The minimum absolute atomic E-state index is 0.178. The number of hydrogen-bond acceptors (Lipinski definition) is 5. The molecule has 0 unspecified atom stereocenters. The van der Waals surface area contributed by atoms with Crippen molar-refractivity contribution in [3.05, 3.63) is 54.1 Å². The minimum atomic E-state index is -0.974. The van der Waals surface area contributed by atoms with Crippen LogP contribution >= 0.6 is 0 Å². The molecule has 28 heavy (non-hydrogen) atoms. The van der Waals surface area contributed by atoms with Gasteiger partial charge >= 0.3 is 5.97 Å². The van der Waals surface area contributed by atoms with Gasteiger partial charge < -0.3 is 20.1 Å². The second-order valence-corrected chi connectivity index (χ2v) is 6.17. The van der Waals surface area contributed by atoms with Gasteiger partial charge in [-0.05, 0) is 61.9 Å². The molecule has 2 aromatic carbocycles.